The van der Waals surface area contributed by atoms with Crippen LogP contribution in [0.3, 0.4) is 0 Å². The first-order valence-electron chi connectivity index (χ1n) is 7.46. The van der Waals surface area contributed by atoms with Crippen molar-refractivity contribution < 1.29 is 23.7 Å². The van der Waals surface area contributed by atoms with Gasteiger partial charge in [0.2, 0.25) is 0 Å². The number of nitrogens with zero attached hydrogens (tertiary/aromatic N) is 2. The summed E-state index contributed by atoms with van der Waals surface area (Å²) in [6.07, 6.45) is 1.21. The van der Waals surface area contributed by atoms with Gasteiger partial charge in [-0.1, -0.05) is 12.1 Å². The quantitative estimate of drug-likeness (QED) is 0.249. The van der Waals surface area contributed by atoms with E-state index < -0.39 is 16.7 Å². The molecule has 0 saturated carbocycles. The Morgan fingerprint density at radius 1 is 1.31 bits per heavy atom. The third-order valence-corrected chi connectivity index (χ3v) is 3.12. The number of nitrogens with one attached hydrogen (secondary N) is 2. The Morgan fingerprint density at radius 3 is 2.85 bits per heavy atom. The fourth-order valence-corrected chi connectivity index (χ4v) is 1.90. The van der Waals surface area contributed by atoms with E-state index in [-0.39, 0.29) is 18.8 Å². The van der Waals surface area contributed by atoms with Crippen molar-refractivity contribution in [3.05, 3.63) is 52.3 Å². The van der Waals surface area contributed by atoms with Crippen molar-refractivity contribution in [1.82, 2.24) is 10.7 Å². The van der Waals surface area contributed by atoms with Crippen LogP contribution in [-0.2, 0) is 14.3 Å². The van der Waals surface area contributed by atoms with Crippen LogP contribution >= 0.6 is 0 Å². The highest BCUT2D eigenvalue weighted by Gasteiger charge is 2.12. The third-order valence-electron chi connectivity index (χ3n) is 3.12. The van der Waals surface area contributed by atoms with Gasteiger partial charge in [0.25, 0.3) is 5.69 Å². The summed E-state index contributed by atoms with van der Waals surface area (Å²) in [5.74, 6) is -1.07. The lowest BCUT2D eigenvalue weighted by Crippen LogP contribution is -2.39. The molecule has 0 aliphatic carbocycles. The highest BCUT2D eigenvalue weighted by molar-refractivity contribution is 6.35. The molecule has 1 heterocycles. The van der Waals surface area contributed by atoms with Crippen molar-refractivity contribution in [2.75, 3.05) is 20.3 Å². The Balaban J connectivity index is 1.94. The fraction of sp³-hybridized carbons (Fsp3) is 0.188. The topological polar surface area (TPSA) is 136 Å². The molecule has 0 aliphatic heterocycles. The highest BCUT2D eigenvalue weighted by Crippen LogP contribution is 2.25. The number of nitro benzene ring substituents is 1. The van der Waals surface area contributed by atoms with Gasteiger partial charge in [0.05, 0.1) is 17.7 Å². The van der Waals surface area contributed by atoms with E-state index in [4.69, 9.17) is 9.15 Å². The summed E-state index contributed by atoms with van der Waals surface area (Å²) in [6.45, 7) is 0.492. The van der Waals surface area contributed by atoms with Crippen molar-refractivity contribution in [2.45, 2.75) is 0 Å². The number of furan rings is 1. The number of non-ortho nitro benzene ring substituents is 1. The van der Waals surface area contributed by atoms with Gasteiger partial charge >= 0.3 is 11.8 Å². The van der Waals surface area contributed by atoms with Crippen molar-refractivity contribution in [1.29, 1.82) is 0 Å². The number of benzene rings is 1. The number of hydrogen-bond donors (Lipinski definition) is 2. The largest absolute Gasteiger partial charge is 0.455 e. The van der Waals surface area contributed by atoms with E-state index in [1.165, 1.54) is 25.5 Å². The molecule has 10 nitrogen and oxygen atoms in total. The first-order chi connectivity index (χ1) is 12.5. The summed E-state index contributed by atoms with van der Waals surface area (Å²) >= 11 is 0. The molecule has 1 aromatic heterocycles. The van der Waals surface area contributed by atoms with Gasteiger partial charge in [-0.2, -0.15) is 5.10 Å². The number of methoxy groups -OCH3 is 1. The smallest absolute Gasteiger partial charge is 0.329 e. The lowest BCUT2D eigenvalue weighted by molar-refractivity contribution is -0.384. The molecule has 0 radical (unpaired) electrons. The van der Waals surface area contributed by atoms with Crippen LogP contribution in [0.4, 0.5) is 5.69 Å². The van der Waals surface area contributed by atoms with Crippen LogP contribution < -0.4 is 10.7 Å². The number of carbonyl (C=O) groups excluding carboxylic acids is 2. The number of ether oxygens (including phenoxy) is 1. The van der Waals surface area contributed by atoms with Gasteiger partial charge in [-0.25, -0.2) is 5.43 Å². The molecular formula is C16H16N4O6. The SMILES string of the molecule is COCCNC(=O)C(=O)N/N=C/c1ccc(-c2cccc([N+](=O)[O-])c2)o1. The summed E-state index contributed by atoms with van der Waals surface area (Å²) < 4.78 is 10.2. The van der Waals surface area contributed by atoms with Crippen molar-refractivity contribution in [3.63, 3.8) is 0 Å². The Bertz CT molecular complexity index is 830. The van der Waals surface area contributed by atoms with Gasteiger partial charge in [0.15, 0.2) is 0 Å². The monoisotopic (exact) mass is 360 g/mol. The number of hydrogen-bond acceptors (Lipinski definition) is 7. The molecule has 0 bridgehead atoms. The summed E-state index contributed by atoms with van der Waals surface area (Å²) in [7, 11) is 1.47. The molecule has 0 fully saturated rings. The highest BCUT2D eigenvalue weighted by atomic mass is 16.6. The Kier molecular flexibility index (Phi) is 6.57. The molecule has 2 aromatic rings. The normalized spacial score (nSPS) is 10.7. The first kappa shape index (κ1) is 18.8. The van der Waals surface area contributed by atoms with Gasteiger partial charge in [0.1, 0.15) is 11.5 Å². The second kappa shape index (κ2) is 9.08. The minimum Gasteiger partial charge on any atom is -0.455 e. The van der Waals surface area contributed by atoms with Crippen LogP contribution in [-0.4, -0.2) is 43.2 Å². The van der Waals surface area contributed by atoms with Gasteiger partial charge < -0.3 is 14.5 Å². The van der Waals surface area contributed by atoms with Crippen molar-refractivity contribution in [3.8, 4) is 11.3 Å². The van der Waals surface area contributed by atoms with Crippen LogP contribution in [0.15, 0.2) is 45.9 Å². The molecule has 2 N–H and O–H groups in total. The number of hydrazone groups is 1. The van der Waals surface area contributed by atoms with E-state index in [1.807, 2.05) is 0 Å². The van der Waals surface area contributed by atoms with Gasteiger partial charge in [0, 0.05) is 31.4 Å². The van der Waals surface area contributed by atoms with E-state index in [1.54, 1.807) is 24.3 Å². The second-order valence-electron chi connectivity index (χ2n) is 4.96. The Morgan fingerprint density at radius 2 is 2.12 bits per heavy atom. The number of carbonyl (C=O) groups is 2. The molecule has 136 valence electrons. The summed E-state index contributed by atoms with van der Waals surface area (Å²) in [5.41, 5.74) is 2.53. The predicted octanol–water partition coefficient (Wildman–Crippen LogP) is 1.07. The van der Waals surface area contributed by atoms with Crippen molar-refractivity contribution in [2.24, 2.45) is 5.10 Å². The molecule has 2 rings (SSSR count). The van der Waals surface area contributed by atoms with E-state index in [2.05, 4.69) is 15.8 Å². The number of nitro groups is 1. The molecular weight excluding hydrogens is 344 g/mol. The minimum absolute atomic E-state index is 0.0548. The molecule has 0 aliphatic rings. The van der Waals surface area contributed by atoms with E-state index in [0.29, 0.717) is 17.1 Å². The van der Waals surface area contributed by atoms with Crippen LogP contribution in [0, 0.1) is 10.1 Å². The minimum atomic E-state index is -0.928. The Labute approximate surface area is 148 Å². The van der Waals surface area contributed by atoms with Crippen molar-refractivity contribution >= 4 is 23.7 Å². The van der Waals surface area contributed by atoms with Crippen LogP contribution in [0.25, 0.3) is 11.3 Å². The predicted molar refractivity (Wildman–Crippen MR) is 91.4 cm³/mol. The second-order valence-corrected chi connectivity index (χ2v) is 4.96. The molecule has 26 heavy (non-hydrogen) atoms. The van der Waals surface area contributed by atoms with Crippen LogP contribution in [0.1, 0.15) is 5.76 Å². The zero-order valence-corrected chi connectivity index (χ0v) is 13.8. The summed E-state index contributed by atoms with van der Waals surface area (Å²) in [4.78, 5) is 33.2. The lowest BCUT2D eigenvalue weighted by atomic mass is 10.1. The van der Waals surface area contributed by atoms with Crippen LogP contribution in [0.5, 0.6) is 0 Å². The molecule has 0 saturated heterocycles. The maximum absolute atomic E-state index is 11.5. The standard InChI is InChI=1S/C16H16N4O6/c1-25-8-7-17-15(21)16(22)19-18-10-13-5-6-14(26-13)11-3-2-4-12(9-11)20(23)24/h2-6,9-10H,7-8H2,1H3,(H,17,21)(H,19,22)/b18-10+. The van der Waals surface area contributed by atoms with Gasteiger partial charge in [-0.05, 0) is 12.1 Å². The summed E-state index contributed by atoms with van der Waals surface area (Å²) in [6, 6.07) is 9.15. The molecule has 10 heteroatoms. The molecule has 2 amide bonds. The average Bonchev–Trinajstić information content (AvgIpc) is 3.10. The van der Waals surface area contributed by atoms with E-state index in [0.717, 1.165) is 0 Å². The van der Waals surface area contributed by atoms with Gasteiger partial charge in [-0.3, -0.25) is 19.7 Å². The van der Waals surface area contributed by atoms with E-state index in [9.17, 15) is 19.7 Å². The molecule has 1 aromatic carbocycles. The molecule has 0 atom stereocenters. The number of amides is 2. The average molecular weight is 360 g/mol. The zero-order chi connectivity index (χ0) is 18.9. The number of rotatable bonds is 7. The summed E-state index contributed by atoms with van der Waals surface area (Å²) in [5, 5.41) is 16.8. The maximum Gasteiger partial charge on any atom is 0.329 e. The lowest BCUT2D eigenvalue weighted by Gasteiger charge is -2.02. The van der Waals surface area contributed by atoms with Gasteiger partial charge in [-0.15, -0.1) is 0 Å². The maximum atomic E-state index is 11.5. The third kappa shape index (κ3) is 5.24. The first-order valence-corrected chi connectivity index (χ1v) is 7.46. The Hall–Kier alpha value is -3.53. The molecule has 0 spiro atoms. The van der Waals surface area contributed by atoms with Crippen LogP contribution in [0.2, 0.25) is 0 Å². The zero-order valence-electron chi connectivity index (χ0n) is 13.8. The molecule has 0 unspecified atom stereocenters. The van der Waals surface area contributed by atoms with E-state index >= 15 is 0 Å². The fourth-order valence-electron chi connectivity index (χ4n) is 1.90.